The molecule has 88 valence electrons. The maximum atomic E-state index is 6.10. The van der Waals surface area contributed by atoms with E-state index < -0.39 is 0 Å². The van der Waals surface area contributed by atoms with Crippen molar-refractivity contribution in [1.29, 1.82) is 0 Å². The third-order valence-corrected chi connectivity index (χ3v) is 4.23. The molecule has 17 heavy (non-hydrogen) atoms. The van der Waals surface area contributed by atoms with Crippen molar-refractivity contribution in [3.63, 3.8) is 0 Å². The normalized spacial score (nSPS) is 14.1. The Morgan fingerprint density at radius 3 is 3.00 bits per heavy atom. The van der Waals surface area contributed by atoms with E-state index in [0.29, 0.717) is 18.2 Å². The first-order chi connectivity index (χ1) is 8.18. The number of rotatable bonds is 0. The van der Waals surface area contributed by atoms with Crippen molar-refractivity contribution < 1.29 is 4.74 Å². The van der Waals surface area contributed by atoms with Crippen molar-refractivity contribution in [3.05, 3.63) is 38.8 Å². The summed E-state index contributed by atoms with van der Waals surface area (Å²) in [5.41, 5.74) is 2.05. The minimum absolute atomic E-state index is 0.458. The maximum Gasteiger partial charge on any atom is 0.163 e. The zero-order valence-electron chi connectivity index (χ0n) is 9.07. The Balaban J connectivity index is 2.33. The lowest BCUT2D eigenvalue weighted by Crippen LogP contribution is -2.03. The molecular formula is C11H9BrClN3O. The van der Waals surface area contributed by atoms with Gasteiger partial charge in [0.15, 0.2) is 5.82 Å². The molecule has 0 saturated carbocycles. The van der Waals surface area contributed by atoms with Gasteiger partial charge in [0.2, 0.25) is 0 Å². The number of nitrogens with zero attached hydrogens (tertiary/aromatic N) is 3. The topological polar surface area (TPSA) is 39.9 Å². The summed E-state index contributed by atoms with van der Waals surface area (Å²) in [5, 5.41) is 8.86. The minimum Gasteiger partial charge on any atom is -0.369 e. The summed E-state index contributed by atoms with van der Waals surface area (Å²) in [6, 6.07) is 3.83. The quantitative estimate of drug-likeness (QED) is 0.750. The van der Waals surface area contributed by atoms with Gasteiger partial charge in [0.1, 0.15) is 12.4 Å². The highest BCUT2D eigenvalue weighted by Gasteiger charge is 2.20. The van der Waals surface area contributed by atoms with Crippen molar-refractivity contribution in [2.75, 3.05) is 0 Å². The molecule has 0 amide bonds. The number of halogens is 2. The van der Waals surface area contributed by atoms with Gasteiger partial charge in [-0.15, -0.1) is 10.2 Å². The summed E-state index contributed by atoms with van der Waals surface area (Å²) in [6.45, 7) is 2.90. The van der Waals surface area contributed by atoms with Crippen LogP contribution in [-0.2, 0) is 18.0 Å². The summed E-state index contributed by atoms with van der Waals surface area (Å²) < 4.78 is 8.46. The Hall–Kier alpha value is -0.910. The van der Waals surface area contributed by atoms with Gasteiger partial charge in [0.25, 0.3) is 0 Å². The summed E-state index contributed by atoms with van der Waals surface area (Å²) >= 11 is 9.60. The van der Waals surface area contributed by atoms with Gasteiger partial charge in [-0.05, 0) is 35.0 Å². The van der Waals surface area contributed by atoms with Crippen molar-refractivity contribution in [2.45, 2.75) is 20.1 Å². The fraction of sp³-hybridized carbons (Fsp3) is 0.273. The van der Waals surface area contributed by atoms with Gasteiger partial charge in [-0.1, -0.05) is 11.6 Å². The fourth-order valence-electron chi connectivity index (χ4n) is 1.99. The highest BCUT2D eigenvalue weighted by Crippen LogP contribution is 2.34. The summed E-state index contributed by atoms with van der Waals surface area (Å²) in [4.78, 5) is 0. The largest absolute Gasteiger partial charge is 0.369 e. The van der Waals surface area contributed by atoms with Crippen LogP contribution in [0.2, 0.25) is 5.02 Å². The zero-order chi connectivity index (χ0) is 12.0. The van der Waals surface area contributed by atoms with Gasteiger partial charge in [-0.2, -0.15) is 0 Å². The van der Waals surface area contributed by atoms with E-state index in [-0.39, 0.29) is 0 Å². The van der Waals surface area contributed by atoms with Gasteiger partial charge in [0, 0.05) is 10.0 Å². The van der Waals surface area contributed by atoms with Crippen molar-refractivity contribution in [1.82, 2.24) is 14.8 Å². The highest BCUT2D eigenvalue weighted by molar-refractivity contribution is 9.10. The highest BCUT2D eigenvalue weighted by atomic mass is 79.9. The Bertz CT molecular complexity index is 597. The first-order valence-corrected chi connectivity index (χ1v) is 6.31. The molecule has 0 spiro atoms. The van der Waals surface area contributed by atoms with Crippen LogP contribution >= 0.6 is 27.5 Å². The number of aryl methyl sites for hydroxylation is 1. The molecule has 1 aromatic carbocycles. The number of benzene rings is 1. The average Bonchev–Trinajstić information content (AvgIpc) is 2.58. The Morgan fingerprint density at radius 1 is 1.35 bits per heavy atom. The van der Waals surface area contributed by atoms with Gasteiger partial charge < -0.3 is 4.74 Å². The van der Waals surface area contributed by atoms with E-state index in [4.69, 9.17) is 16.3 Å². The first-order valence-electron chi connectivity index (χ1n) is 5.14. The molecule has 0 radical (unpaired) electrons. The van der Waals surface area contributed by atoms with E-state index in [9.17, 15) is 0 Å². The minimum atomic E-state index is 0.458. The monoisotopic (exact) mass is 313 g/mol. The molecule has 0 fully saturated rings. The molecule has 0 saturated heterocycles. The number of hydrogen-bond acceptors (Lipinski definition) is 3. The molecule has 1 aliphatic rings. The molecule has 0 N–H and O–H groups in total. The van der Waals surface area contributed by atoms with E-state index in [2.05, 4.69) is 26.1 Å². The van der Waals surface area contributed by atoms with E-state index in [1.54, 1.807) is 0 Å². The predicted octanol–water partition coefficient (Wildman–Crippen LogP) is 3.02. The molecule has 2 aromatic rings. The van der Waals surface area contributed by atoms with Crippen LogP contribution in [0.5, 0.6) is 0 Å². The van der Waals surface area contributed by atoms with E-state index in [0.717, 1.165) is 27.4 Å². The van der Waals surface area contributed by atoms with E-state index in [1.165, 1.54) is 0 Å². The third-order valence-electron chi connectivity index (χ3n) is 2.78. The summed E-state index contributed by atoms with van der Waals surface area (Å²) in [6.07, 6.45) is 0. The van der Waals surface area contributed by atoms with Crippen LogP contribution in [0.25, 0.3) is 5.69 Å². The van der Waals surface area contributed by atoms with E-state index >= 15 is 0 Å². The molecule has 1 aromatic heterocycles. The SMILES string of the molecule is Cc1nnc2n1-c1ccc(Cl)c(Br)c1COC2. The Labute approximate surface area is 112 Å². The van der Waals surface area contributed by atoms with Crippen molar-refractivity contribution >= 4 is 27.5 Å². The lowest BCUT2D eigenvalue weighted by molar-refractivity contribution is 0.104. The smallest absolute Gasteiger partial charge is 0.163 e. The molecular weight excluding hydrogens is 305 g/mol. The summed E-state index contributed by atoms with van der Waals surface area (Å²) in [5.74, 6) is 1.66. The second-order valence-corrected chi connectivity index (χ2v) is 5.05. The van der Waals surface area contributed by atoms with Gasteiger partial charge in [0.05, 0.1) is 17.3 Å². The van der Waals surface area contributed by atoms with Crippen LogP contribution in [0.4, 0.5) is 0 Å². The van der Waals surface area contributed by atoms with Crippen LogP contribution in [0.1, 0.15) is 17.2 Å². The Morgan fingerprint density at radius 2 is 2.18 bits per heavy atom. The molecule has 0 bridgehead atoms. The molecule has 4 nitrogen and oxygen atoms in total. The zero-order valence-corrected chi connectivity index (χ0v) is 11.4. The molecule has 0 atom stereocenters. The second-order valence-electron chi connectivity index (χ2n) is 3.85. The van der Waals surface area contributed by atoms with Crippen LogP contribution in [0.15, 0.2) is 16.6 Å². The molecule has 1 aliphatic heterocycles. The van der Waals surface area contributed by atoms with Crippen molar-refractivity contribution in [3.8, 4) is 5.69 Å². The van der Waals surface area contributed by atoms with Gasteiger partial charge in [-0.3, -0.25) is 4.57 Å². The van der Waals surface area contributed by atoms with Crippen LogP contribution in [0.3, 0.4) is 0 Å². The number of hydrogen-bond donors (Lipinski definition) is 0. The number of ether oxygens (including phenoxy) is 1. The lowest BCUT2D eigenvalue weighted by Gasteiger charge is -2.11. The fourth-order valence-corrected chi connectivity index (χ4v) is 2.61. The maximum absolute atomic E-state index is 6.10. The summed E-state index contributed by atoms with van der Waals surface area (Å²) in [7, 11) is 0. The van der Waals surface area contributed by atoms with Crippen molar-refractivity contribution in [2.24, 2.45) is 0 Å². The second kappa shape index (κ2) is 4.08. The Kier molecular flexibility index (Phi) is 2.69. The lowest BCUT2D eigenvalue weighted by atomic mass is 10.2. The van der Waals surface area contributed by atoms with Crippen LogP contribution in [-0.4, -0.2) is 14.8 Å². The van der Waals surface area contributed by atoms with Gasteiger partial charge in [-0.25, -0.2) is 0 Å². The molecule has 0 aliphatic carbocycles. The van der Waals surface area contributed by atoms with Crippen LogP contribution in [0, 0.1) is 6.92 Å². The number of aromatic nitrogens is 3. The standard InChI is InChI=1S/C11H9BrClN3O/c1-6-14-15-10-5-17-4-7-9(16(6)10)3-2-8(13)11(7)12/h2-3H,4-5H2,1H3. The van der Waals surface area contributed by atoms with Gasteiger partial charge >= 0.3 is 0 Å². The molecule has 6 heteroatoms. The average molecular weight is 315 g/mol. The van der Waals surface area contributed by atoms with Crippen LogP contribution < -0.4 is 0 Å². The molecule has 2 heterocycles. The van der Waals surface area contributed by atoms with E-state index in [1.807, 2.05) is 23.6 Å². The first kappa shape index (κ1) is 11.2. The number of fused-ring (bicyclic) bond motifs is 3. The molecule has 0 unspecified atom stereocenters. The predicted molar refractivity (Wildman–Crippen MR) is 67.3 cm³/mol. The molecule has 3 rings (SSSR count). The third kappa shape index (κ3) is 1.69.